The van der Waals surface area contributed by atoms with Crippen LogP contribution in [-0.4, -0.2) is 24.6 Å². The first-order chi connectivity index (χ1) is 8.80. The van der Waals surface area contributed by atoms with Gasteiger partial charge in [-0.3, -0.25) is 9.59 Å². The molecule has 4 heteroatoms. The summed E-state index contributed by atoms with van der Waals surface area (Å²) in [4.78, 5) is 22.8. The molecule has 0 spiro atoms. The van der Waals surface area contributed by atoms with Crippen molar-refractivity contribution in [3.8, 4) is 0 Å². The maximum atomic E-state index is 11.9. The van der Waals surface area contributed by atoms with Gasteiger partial charge in [0.05, 0.1) is 13.0 Å². The molecule has 0 heterocycles. The molecule has 0 aromatic rings. The lowest BCUT2D eigenvalue weighted by Crippen LogP contribution is -2.28. The van der Waals surface area contributed by atoms with Crippen molar-refractivity contribution in [2.24, 2.45) is 5.92 Å². The van der Waals surface area contributed by atoms with E-state index >= 15 is 0 Å². The van der Waals surface area contributed by atoms with E-state index in [1.54, 1.807) is 0 Å². The predicted octanol–water partition coefficient (Wildman–Crippen LogP) is 3.48. The molecule has 4 nitrogen and oxygen atoms in total. The summed E-state index contributed by atoms with van der Waals surface area (Å²) in [7, 11) is 1.40. The van der Waals surface area contributed by atoms with Gasteiger partial charge in [0.1, 0.15) is 5.60 Å². The van der Waals surface area contributed by atoms with Crippen LogP contribution in [0, 0.1) is 5.92 Å². The molecule has 0 saturated carbocycles. The van der Waals surface area contributed by atoms with Gasteiger partial charge in [0, 0.05) is 6.42 Å². The summed E-state index contributed by atoms with van der Waals surface area (Å²) < 4.78 is 9.97. The number of carbonyl (C=O) groups is 2. The average Bonchev–Trinajstić information content (AvgIpc) is 2.30. The number of hydrogen-bond acceptors (Lipinski definition) is 4. The predicted molar refractivity (Wildman–Crippen MR) is 74.7 cm³/mol. The van der Waals surface area contributed by atoms with Gasteiger partial charge in [0.2, 0.25) is 0 Å². The average molecular weight is 272 g/mol. The number of hydrogen-bond donors (Lipinski definition) is 0. The van der Waals surface area contributed by atoms with Gasteiger partial charge in [-0.15, -0.1) is 0 Å². The summed E-state index contributed by atoms with van der Waals surface area (Å²) in [6.07, 6.45) is 4.78. The quantitative estimate of drug-likeness (QED) is 0.501. The second-order valence-electron chi connectivity index (χ2n) is 5.81. The molecule has 0 N–H and O–H groups in total. The molecule has 19 heavy (non-hydrogen) atoms. The Morgan fingerprint density at radius 2 is 1.74 bits per heavy atom. The summed E-state index contributed by atoms with van der Waals surface area (Å²) in [5.74, 6) is -0.306. The molecule has 0 aromatic heterocycles. The van der Waals surface area contributed by atoms with Crippen LogP contribution >= 0.6 is 0 Å². The van der Waals surface area contributed by atoms with Crippen LogP contribution in [0.1, 0.15) is 66.2 Å². The third-order valence-electron chi connectivity index (χ3n) is 2.89. The number of ether oxygens (including phenoxy) is 2. The van der Waals surface area contributed by atoms with Crippen molar-refractivity contribution in [2.75, 3.05) is 7.11 Å². The van der Waals surface area contributed by atoms with Gasteiger partial charge in [0.25, 0.3) is 0 Å². The fraction of sp³-hybridized carbons (Fsp3) is 0.867. The fourth-order valence-electron chi connectivity index (χ4n) is 1.81. The first-order valence-corrected chi connectivity index (χ1v) is 7.09. The lowest BCUT2D eigenvalue weighted by molar-refractivity contribution is -0.160. The van der Waals surface area contributed by atoms with Crippen molar-refractivity contribution in [1.29, 1.82) is 0 Å². The maximum Gasteiger partial charge on any atom is 0.309 e. The normalized spacial score (nSPS) is 12.9. The molecule has 0 aliphatic heterocycles. The Labute approximate surface area is 116 Å². The van der Waals surface area contributed by atoms with Gasteiger partial charge in [0.15, 0.2) is 0 Å². The minimum absolute atomic E-state index is 0.0302. The number of methoxy groups -OCH3 is 1. The third-order valence-corrected chi connectivity index (χ3v) is 2.89. The van der Waals surface area contributed by atoms with Gasteiger partial charge in [-0.25, -0.2) is 0 Å². The van der Waals surface area contributed by atoms with Crippen LogP contribution in [0.3, 0.4) is 0 Å². The smallest absolute Gasteiger partial charge is 0.309 e. The van der Waals surface area contributed by atoms with E-state index in [2.05, 4.69) is 4.74 Å². The minimum Gasteiger partial charge on any atom is -0.469 e. The molecule has 0 aliphatic carbocycles. The van der Waals surface area contributed by atoms with E-state index in [9.17, 15) is 9.59 Å². The van der Waals surface area contributed by atoms with Crippen molar-refractivity contribution in [3.63, 3.8) is 0 Å². The van der Waals surface area contributed by atoms with E-state index in [4.69, 9.17) is 4.74 Å². The molecule has 0 rings (SSSR count). The van der Waals surface area contributed by atoms with Crippen LogP contribution in [0.5, 0.6) is 0 Å². The van der Waals surface area contributed by atoms with Crippen molar-refractivity contribution >= 4 is 11.9 Å². The van der Waals surface area contributed by atoms with Crippen LogP contribution in [0.2, 0.25) is 0 Å². The summed E-state index contributed by atoms with van der Waals surface area (Å²) in [5, 5.41) is 0. The molecule has 0 saturated heterocycles. The summed E-state index contributed by atoms with van der Waals surface area (Å²) in [5.41, 5.74) is -0.421. The highest BCUT2D eigenvalue weighted by Crippen LogP contribution is 2.19. The molecule has 112 valence electrons. The molecule has 0 amide bonds. The Kier molecular flexibility index (Phi) is 8.44. The standard InChI is InChI=1S/C15H28O4/c1-6-12(14(17)19-15(2,3)4)10-8-7-9-11-13(16)18-5/h12H,6-11H2,1-5H3. The van der Waals surface area contributed by atoms with Crippen molar-refractivity contribution in [1.82, 2.24) is 0 Å². The highest BCUT2D eigenvalue weighted by atomic mass is 16.6. The lowest BCUT2D eigenvalue weighted by atomic mass is 9.98. The summed E-state index contributed by atoms with van der Waals surface area (Å²) in [6, 6.07) is 0. The Morgan fingerprint density at radius 3 is 2.21 bits per heavy atom. The first-order valence-electron chi connectivity index (χ1n) is 7.09. The van der Waals surface area contributed by atoms with Crippen LogP contribution in [0.4, 0.5) is 0 Å². The van der Waals surface area contributed by atoms with Crippen molar-refractivity contribution in [3.05, 3.63) is 0 Å². The molecule has 0 fully saturated rings. The van der Waals surface area contributed by atoms with E-state index < -0.39 is 5.60 Å². The zero-order valence-electron chi connectivity index (χ0n) is 13.0. The zero-order chi connectivity index (χ0) is 14.9. The second-order valence-corrected chi connectivity index (χ2v) is 5.81. The largest absolute Gasteiger partial charge is 0.469 e. The van der Waals surface area contributed by atoms with Crippen LogP contribution < -0.4 is 0 Å². The topological polar surface area (TPSA) is 52.6 Å². The van der Waals surface area contributed by atoms with Crippen LogP contribution in [0.25, 0.3) is 0 Å². The molecule has 1 unspecified atom stereocenters. The van der Waals surface area contributed by atoms with E-state index in [1.165, 1.54) is 7.11 Å². The Hall–Kier alpha value is -1.06. The third kappa shape index (κ3) is 9.51. The molecule has 0 radical (unpaired) electrons. The summed E-state index contributed by atoms with van der Waals surface area (Å²) >= 11 is 0. The number of esters is 2. The number of rotatable bonds is 8. The van der Waals surface area contributed by atoms with Crippen LogP contribution in [-0.2, 0) is 19.1 Å². The molecular formula is C15H28O4. The van der Waals surface area contributed by atoms with Gasteiger partial charge < -0.3 is 9.47 Å². The van der Waals surface area contributed by atoms with E-state index in [-0.39, 0.29) is 17.9 Å². The molecule has 1 atom stereocenters. The molecule has 0 aromatic carbocycles. The van der Waals surface area contributed by atoms with E-state index in [1.807, 2.05) is 27.7 Å². The van der Waals surface area contributed by atoms with E-state index in [0.29, 0.717) is 6.42 Å². The highest BCUT2D eigenvalue weighted by Gasteiger charge is 2.23. The fourth-order valence-corrected chi connectivity index (χ4v) is 1.81. The first kappa shape index (κ1) is 17.9. The SMILES string of the molecule is CCC(CCCCCC(=O)OC)C(=O)OC(C)(C)C. The van der Waals surface area contributed by atoms with Gasteiger partial charge >= 0.3 is 11.9 Å². The van der Waals surface area contributed by atoms with Crippen molar-refractivity contribution < 1.29 is 19.1 Å². The Morgan fingerprint density at radius 1 is 1.11 bits per heavy atom. The van der Waals surface area contributed by atoms with Gasteiger partial charge in [-0.2, -0.15) is 0 Å². The Balaban J connectivity index is 3.88. The van der Waals surface area contributed by atoms with Gasteiger partial charge in [-0.1, -0.05) is 19.8 Å². The van der Waals surface area contributed by atoms with Crippen LogP contribution in [0.15, 0.2) is 0 Å². The molecule has 0 bridgehead atoms. The monoisotopic (exact) mass is 272 g/mol. The van der Waals surface area contributed by atoms with E-state index in [0.717, 1.165) is 32.1 Å². The maximum absolute atomic E-state index is 11.9. The van der Waals surface area contributed by atoms with Gasteiger partial charge in [-0.05, 0) is 40.0 Å². The highest BCUT2D eigenvalue weighted by molar-refractivity contribution is 5.72. The number of carbonyl (C=O) groups excluding carboxylic acids is 2. The van der Waals surface area contributed by atoms with Crippen molar-refractivity contribution in [2.45, 2.75) is 71.8 Å². The minimum atomic E-state index is -0.421. The second kappa shape index (κ2) is 8.94. The lowest BCUT2D eigenvalue weighted by Gasteiger charge is -2.23. The molecular weight excluding hydrogens is 244 g/mol. The number of unbranched alkanes of at least 4 members (excludes halogenated alkanes) is 2. The molecule has 0 aliphatic rings. The summed E-state index contributed by atoms with van der Waals surface area (Å²) in [6.45, 7) is 7.65. The zero-order valence-corrected chi connectivity index (χ0v) is 13.0. The Bertz CT molecular complexity index is 278.